The van der Waals surface area contributed by atoms with Crippen molar-refractivity contribution >= 4 is 33.4 Å². The second-order valence-electron chi connectivity index (χ2n) is 7.73. The number of nitrogens with zero attached hydrogens (tertiary/aromatic N) is 2. The first kappa shape index (κ1) is 21.8. The number of amides is 2. The molecule has 1 aliphatic carbocycles. The third kappa shape index (κ3) is 4.61. The molecule has 164 valence electrons. The minimum atomic E-state index is -3.59. The maximum atomic E-state index is 13.0. The van der Waals surface area contributed by atoms with Gasteiger partial charge in [-0.1, -0.05) is 29.8 Å². The van der Waals surface area contributed by atoms with E-state index in [1.165, 1.54) is 9.87 Å². The number of halogens is 1. The zero-order chi connectivity index (χ0) is 22.0. The highest BCUT2D eigenvalue weighted by Crippen LogP contribution is 2.26. The van der Waals surface area contributed by atoms with E-state index in [1.54, 1.807) is 41.3 Å². The second-order valence-corrected chi connectivity index (χ2v) is 10.1. The quantitative estimate of drug-likeness (QED) is 0.738. The third-order valence-corrected chi connectivity index (χ3v) is 8.04. The molecule has 7 nitrogen and oxygen atoms in total. The van der Waals surface area contributed by atoms with Gasteiger partial charge in [-0.2, -0.15) is 4.31 Å². The highest BCUT2D eigenvalue weighted by molar-refractivity contribution is 7.89. The van der Waals surface area contributed by atoms with Crippen molar-refractivity contribution in [1.29, 1.82) is 0 Å². The smallest absolute Gasteiger partial charge is 0.253 e. The Balaban J connectivity index is 1.32. The molecule has 1 fully saturated rings. The number of carbonyl (C=O) groups excluding carboxylic acids is 2. The first-order valence-electron chi connectivity index (χ1n) is 10.3. The Hall–Kier alpha value is -2.42. The van der Waals surface area contributed by atoms with Crippen LogP contribution in [-0.2, 0) is 27.7 Å². The van der Waals surface area contributed by atoms with Crippen LogP contribution in [0.15, 0.2) is 47.4 Å². The highest BCUT2D eigenvalue weighted by Gasteiger charge is 2.31. The van der Waals surface area contributed by atoms with Gasteiger partial charge in [0, 0.05) is 26.2 Å². The van der Waals surface area contributed by atoms with E-state index in [-0.39, 0.29) is 38.6 Å². The van der Waals surface area contributed by atoms with Crippen molar-refractivity contribution in [1.82, 2.24) is 14.5 Å². The van der Waals surface area contributed by atoms with Gasteiger partial charge in [-0.05, 0) is 54.7 Å². The predicted octanol–water partition coefficient (Wildman–Crippen LogP) is 2.09. The summed E-state index contributed by atoms with van der Waals surface area (Å²) in [6.07, 6.45) is 2.98. The molecule has 1 N–H and O–H groups in total. The molecule has 9 heteroatoms. The number of carbonyl (C=O) groups is 2. The summed E-state index contributed by atoms with van der Waals surface area (Å²) in [5, 5.41) is 2.90. The first-order valence-corrected chi connectivity index (χ1v) is 12.1. The van der Waals surface area contributed by atoms with Gasteiger partial charge in [0.15, 0.2) is 0 Å². The largest absolute Gasteiger partial charge is 0.343 e. The maximum absolute atomic E-state index is 13.0. The lowest BCUT2D eigenvalue weighted by Crippen LogP contribution is -2.52. The van der Waals surface area contributed by atoms with Crippen molar-refractivity contribution in [2.24, 2.45) is 0 Å². The van der Waals surface area contributed by atoms with E-state index in [0.717, 1.165) is 24.8 Å². The molecular formula is C22H24ClN3O4S. The molecule has 1 heterocycles. The van der Waals surface area contributed by atoms with E-state index in [1.807, 2.05) is 6.07 Å². The molecule has 1 saturated heterocycles. The van der Waals surface area contributed by atoms with Crippen molar-refractivity contribution in [3.63, 3.8) is 0 Å². The van der Waals surface area contributed by atoms with Gasteiger partial charge in [-0.25, -0.2) is 8.42 Å². The average molecular weight is 462 g/mol. The van der Waals surface area contributed by atoms with E-state index in [0.29, 0.717) is 15.5 Å². The SMILES string of the molecule is O=C(NCC(=O)N1CCN(S(=O)(=O)c2ccc3c(c2)CCC3)CC1)c1ccccc1Cl. The molecule has 2 amide bonds. The minimum absolute atomic E-state index is 0.165. The molecule has 1 aliphatic heterocycles. The molecule has 0 unspecified atom stereocenters. The van der Waals surface area contributed by atoms with Crippen LogP contribution in [0.3, 0.4) is 0 Å². The van der Waals surface area contributed by atoms with Crippen LogP contribution >= 0.6 is 11.6 Å². The van der Waals surface area contributed by atoms with Crippen LogP contribution in [0.2, 0.25) is 5.02 Å². The predicted molar refractivity (Wildman–Crippen MR) is 118 cm³/mol. The molecule has 0 atom stereocenters. The Labute approximate surface area is 187 Å². The minimum Gasteiger partial charge on any atom is -0.343 e. The van der Waals surface area contributed by atoms with Gasteiger partial charge in [-0.3, -0.25) is 9.59 Å². The number of hydrogen-bond donors (Lipinski definition) is 1. The Morgan fingerprint density at radius 1 is 0.968 bits per heavy atom. The molecule has 4 rings (SSSR count). The van der Waals surface area contributed by atoms with E-state index in [2.05, 4.69) is 5.32 Å². The summed E-state index contributed by atoms with van der Waals surface area (Å²) >= 11 is 6.00. The van der Waals surface area contributed by atoms with Gasteiger partial charge < -0.3 is 10.2 Å². The summed E-state index contributed by atoms with van der Waals surface area (Å²) in [7, 11) is -3.59. The van der Waals surface area contributed by atoms with Crippen LogP contribution < -0.4 is 5.32 Å². The van der Waals surface area contributed by atoms with Gasteiger partial charge in [0.2, 0.25) is 15.9 Å². The van der Waals surface area contributed by atoms with Crippen LogP contribution in [0, 0.1) is 0 Å². The Kier molecular flexibility index (Phi) is 6.31. The maximum Gasteiger partial charge on any atom is 0.253 e. The van der Waals surface area contributed by atoms with Crippen molar-refractivity contribution in [3.05, 3.63) is 64.2 Å². The normalized spacial score (nSPS) is 16.7. The number of benzene rings is 2. The summed E-state index contributed by atoms with van der Waals surface area (Å²) < 4.78 is 27.5. The van der Waals surface area contributed by atoms with Gasteiger partial charge in [0.05, 0.1) is 22.0 Å². The van der Waals surface area contributed by atoms with Crippen LogP contribution in [-0.4, -0.2) is 62.2 Å². The molecule has 2 aromatic rings. The fourth-order valence-electron chi connectivity index (χ4n) is 4.04. The summed E-state index contributed by atoms with van der Waals surface area (Å²) in [6, 6.07) is 12.0. The number of fused-ring (bicyclic) bond motifs is 1. The van der Waals surface area contributed by atoms with Crippen LogP contribution in [0.4, 0.5) is 0 Å². The lowest BCUT2D eigenvalue weighted by atomic mass is 10.1. The highest BCUT2D eigenvalue weighted by atomic mass is 35.5. The number of sulfonamides is 1. The van der Waals surface area contributed by atoms with E-state index >= 15 is 0 Å². The lowest BCUT2D eigenvalue weighted by molar-refractivity contribution is -0.131. The summed E-state index contributed by atoms with van der Waals surface area (Å²) in [5.74, 6) is -0.674. The van der Waals surface area contributed by atoms with E-state index in [4.69, 9.17) is 11.6 Å². The number of hydrogen-bond acceptors (Lipinski definition) is 4. The Bertz CT molecular complexity index is 1110. The van der Waals surface area contributed by atoms with Crippen molar-refractivity contribution in [2.45, 2.75) is 24.2 Å². The molecular weight excluding hydrogens is 438 g/mol. The van der Waals surface area contributed by atoms with E-state index in [9.17, 15) is 18.0 Å². The Morgan fingerprint density at radius 3 is 2.42 bits per heavy atom. The van der Waals surface area contributed by atoms with Crippen molar-refractivity contribution < 1.29 is 18.0 Å². The van der Waals surface area contributed by atoms with E-state index < -0.39 is 15.9 Å². The standard InChI is InChI=1S/C22H24ClN3O4S/c23-20-7-2-1-6-19(20)22(28)24-15-21(27)25-10-12-26(13-11-25)31(29,30)18-9-8-16-4-3-5-17(16)14-18/h1-2,6-9,14H,3-5,10-13,15H2,(H,24,28). The van der Waals surface area contributed by atoms with Gasteiger partial charge in [0.1, 0.15) is 0 Å². The second kappa shape index (κ2) is 8.98. The third-order valence-electron chi connectivity index (χ3n) is 5.82. The van der Waals surface area contributed by atoms with Gasteiger partial charge in [0.25, 0.3) is 5.91 Å². The average Bonchev–Trinajstić information content (AvgIpc) is 3.25. The number of rotatable bonds is 5. The van der Waals surface area contributed by atoms with Crippen LogP contribution in [0.5, 0.6) is 0 Å². The molecule has 0 radical (unpaired) electrons. The molecule has 0 spiro atoms. The zero-order valence-corrected chi connectivity index (χ0v) is 18.6. The fraction of sp³-hybridized carbons (Fsp3) is 0.364. The topological polar surface area (TPSA) is 86.8 Å². The first-order chi connectivity index (χ1) is 14.9. The number of aryl methyl sites for hydroxylation is 2. The van der Waals surface area contributed by atoms with Crippen LogP contribution in [0.1, 0.15) is 27.9 Å². The van der Waals surface area contributed by atoms with Crippen molar-refractivity contribution in [2.75, 3.05) is 32.7 Å². The zero-order valence-electron chi connectivity index (χ0n) is 17.0. The lowest BCUT2D eigenvalue weighted by Gasteiger charge is -2.34. The summed E-state index contributed by atoms with van der Waals surface area (Å²) in [5.41, 5.74) is 2.65. The number of piperazine rings is 1. The summed E-state index contributed by atoms with van der Waals surface area (Å²) in [6.45, 7) is 0.852. The van der Waals surface area contributed by atoms with Gasteiger partial charge >= 0.3 is 0 Å². The molecule has 31 heavy (non-hydrogen) atoms. The van der Waals surface area contributed by atoms with Crippen molar-refractivity contribution in [3.8, 4) is 0 Å². The monoisotopic (exact) mass is 461 g/mol. The molecule has 0 bridgehead atoms. The molecule has 2 aliphatic rings. The summed E-state index contributed by atoms with van der Waals surface area (Å²) in [4.78, 5) is 26.6. The van der Waals surface area contributed by atoms with Gasteiger partial charge in [-0.15, -0.1) is 0 Å². The molecule has 0 aromatic heterocycles. The molecule has 0 saturated carbocycles. The van der Waals surface area contributed by atoms with Crippen LogP contribution in [0.25, 0.3) is 0 Å². The number of nitrogens with one attached hydrogen (secondary N) is 1. The fourth-order valence-corrected chi connectivity index (χ4v) is 5.74. The molecule has 2 aromatic carbocycles. The Morgan fingerprint density at radius 2 is 1.68 bits per heavy atom.